The van der Waals surface area contributed by atoms with Gasteiger partial charge >= 0.3 is 0 Å². The van der Waals surface area contributed by atoms with Crippen molar-refractivity contribution in [2.24, 2.45) is 0 Å². The molecule has 0 saturated heterocycles. The summed E-state index contributed by atoms with van der Waals surface area (Å²) in [5.74, 6) is 0.150. The molecule has 6 heteroatoms. The first-order valence-corrected chi connectivity index (χ1v) is 11.0. The van der Waals surface area contributed by atoms with Gasteiger partial charge < -0.3 is 5.32 Å². The van der Waals surface area contributed by atoms with Crippen LogP contribution < -0.4 is 10.9 Å². The van der Waals surface area contributed by atoms with E-state index in [9.17, 15) is 9.59 Å². The molecule has 0 spiro atoms. The first-order chi connectivity index (χ1) is 15.2. The van der Waals surface area contributed by atoms with Crippen molar-refractivity contribution in [2.45, 2.75) is 56.0 Å². The zero-order valence-corrected chi connectivity index (χ0v) is 17.4. The van der Waals surface area contributed by atoms with Gasteiger partial charge in [0, 0.05) is 30.1 Å². The number of rotatable bonds is 5. The summed E-state index contributed by atoms with van der Waals surface area (Å²) in [6.45, 7) is 0. The van der Waals surface area contributed by atoms with Crippen LogP contribution in [-0.4, -0.2) is 26.7 Å². The van der Waals surface area contributed by atoms with Crippen LogP contribution in [0.25, 0.3) is 11.3 Å². The molecule has 1 amide bonds. The van der Waals surface area contributed by atoms with Crippen LogP contribution in [0.2, 0.25) is 0 Å². The summed E-state index contributed by atoms with van der Waals surface area (Å²) in [7, 11) is 0. The maximum atomic E-state index is 13.0. The van der Waals surface area contributed by atoms with E-state index in [1.807, 2.05) is 30.3 Å². The van der Waals surface area contributed by atoms with Crippen LogP contribution in [0.4, 0.5) is 0 Å². The van der Waals surface area contributed by atoms with Crippen LogP contribution in [0.3, 0.4) is 0 Å². The molecule has 0 aliphatic heterocycles. The van der Waals surface area contributed by atoms with Crippen LogP contribution in [-0.2, 0) is 10.2 Å². The third-order valence-electron chi connectivity index (χ3n) is 6.69. The van der Waals surface area contributed by atoms with Gasteiger partial charge in [0.15, 0.2) is 0 Å². The molecule has 2 heterocycles. The molecule has 1 aromatic carbocycles. The summed E-state index contributed by atoms with van der Waals surface area (Å²) in [5, 5.41) is 7.92. The average molecular weight is 415 g/mol. The lowest BCUT2D eigenvalue weighted by molar-refractivity contribution is -0.124. The van der Waals surface area contributed by atoms with E-state index in [-0.39, 0.29) is 29.0 Å². The number of nitrogens with one attached hydrogen (secondary N) is 1. The molecule has 31 heavy (non-hydrogen) atoms. The summed E-state index contributed by atoms with van der Waals surface area (Å²) < 4.78 is 1.63. The summed E-state index contributed by atoms with van der Waals surface area (Å²) in [6.07, 6.45) is 8.65. The molecule has 2 saturated carbocycles. The van der Waals surface area contributed by atoms with Gasteiger partial charge in [-0.05, 0) is 62.3 Å². The molecular weight excluding hydrogens is 388 g/mol. The number of pyridine rings is 1. The minimum atomic E-state index is -0.338. The number of hydrogen-bond acceptors (Lipinski definition) is 4. The van der Waals surface area contributed by atoms with Crippen LogP contribution in [0.1, 0.15) is 50.1 Å². The Morgan fingerprint density at radius 1 is 0.935 bits per heavy atom. The van der Waals surface area contributed by atoms with Crippen molar-refractivity contribution in [3.8, 4) is 11.3 Å². The van der Waals surface area contributed by atoms with Crippen LogP contribution in [0.15, 0.2) is 71.8 Å². The molecule has 3 aromatic rings. The Hall–Kier alpha value is -3.28. The van der Waals surface area contributed by atoms with Gasteiger partial charge in [-0.3, -0.25) is 14.6 Å². The second kappa shape index (κ2) is 8.10. The maximum Gasteiger partial charge on any atom is 0.267 e. The molecule has 0 radical (unpaired) electrons. The lowest BCUT2D eigenvalue weighted by atomic mass is 9.89. The summed E-state index contributed by atoms with van der Waals surface area (Å²) in [6, 6.07) is 17.4. The topological polar surface area (TPSA) is 76.9 Å². The SMILES string of the molecule is O=C(NC1CCC(n2nc(-c3ccncc3)ccc2=O)CC1)C1(c2ccccc2)CC1. The highest BCUT2D eigenvalue weighted by Crippen LogP contribution is 2.48. The Bertz CT molecular complexity index is 1120. The van der Waals surface area contributed by atoms with Crippen molar-refractivity contribution in [3.05, 3.63) is 82.9 Å². The molecule has 2 fully saturated rings. The summed E-state index contributed by atoms with van der Waals surface area (Å²) >= 11 is 0. The molecule has 5 rings (SSSR count). The van der Waals surface area contributed by atoms with Gasteiger partial charge in [-0.2, -0.15) is 5.10 Å². The second-order valence-corrected chi connectivity index (χ2v) is 8.66. The fraction of sp³-hybridized carbons (Fsp3) is 0.360. The Morgan fingerprint density at radius 3 is 2.32 bits per heavy atom. The fourth-order valence-corrected chi connectivity index (χ4v) is 4.68. The molecule has 2 aliphatic carbocycles. The third kappa shape index (κ3) is 3.90. The number of aromatic nitrogens is 3. The number of amides is 1. The number of carbonyl (C=O) groups is 1. The van der Waals surface area contributed by atoms with Gasteiger partial charge in [0.2, 0.25) is 5.91 Å². The van der Waals surface area contributed by atoms with Crippen molar-refractivity contribution >= 4 is 5.91 Å². The van der Waals surface area contributed by atoms with E-state index in [1.54, 1.807) is 29.2 Å². The van der Waals surface area contributed by atoms with E-state index in [4.69, 9.17) is 0 Å². The van der Waals surface area contributed by atoms with E-state index < -0.39 is 0 Å². The van der Waals surface area contributed by atoms with Crippen molar-refractivity contribution in [2.75, 3.05) is 0 Å². The van der Waals surface area contributed by atoms with E-state index in [0.29, 0.717) is 0 Å². The minimum absolute atomic E-state index is 0.0615. The first kappa shape index (κ1) is 19.7. The highest BCUT2D eigenvalue weighted by Gasteiger charge is 2.51. The third-order valence-corrected chi connectivity index (χ3v) is 6.69. The van der Waals surface area contributed by atoms with E-state index >= 15 is 0 Å². The Morgan fingerprint density at radius 2 is 1.65 bits per heavy atom. The van der Waals surface area contributed by atoms with Gasteiger partial charge in [0.25, 0.3) is 5.56 Å². The van der Waals surface area contributed by atoms with Crippen molar-refractivity contribution in [1.29, 1.82) is 0 Å². The normalized spacial score (nSPS) is 21.9. The number of benzene rings is 1. The average Bonchev–Trinajstić information content (AvgIpc) is 3.64. The maximum absolute atomic E-state index is 13.0. The van der Waals surface area contributed by atoms with Gasteiger partial charge in [0.1, 0.15) is 0 Å². The Kier molecular flexibility index (Phi) is 5.14. The highest BCUT2D eigenvalue weighted by atomic mass is 16.2. The molecular formula is C25H26N4O2. The quantitative estimate of drug-likeness (QED) is 0.692. The van der Waals surface area contributed by atoms with E-state index in [0.717, 1.165) is 55.3 Å². The van der Waals surface area contributed by atoms with Crippen LogP contribution >= 0.6 is 0 Å². The molecule has 0 bridgehead atoms. The molecule has 2 aromatic heterocycles. The summed E-state index contributed by atoms with van der Waals surface area (Å²) in [4.78, 5) is 29.5. The zero-order valence-electron chi connectivity index (χ0n) is 17.4. The fourth-order valence-electron chi connectivity index (χ4n) is 4.68. The molecule has 1 N–H and O–H groups in total. The Balaban J connectivity index is 1.24. The van der Waals surface area contributed by atoms with Crippen LogP contribution in [0.5, 0.6) is 0 Å². The summed E-state index contributed by atoms with van der Waals surface area (Å²) in [5.41, 5.74) is 2.42. The number of hydrogen-bond donors (Lipinski definition) is 1. The van der Waals surface area contributed by atoms with E-state index in [1.165, 1.54) is 0 Å². The Labute approximate surface area is 181 Å². The monoisotopic (exact) mass is 414 g/mol. The highest BCUT2D eigenvalue weighted by molar-refractivity contribution is 5.91. The van der Waals surface area contributed by atoms with Gasteiger partial charge in [-0.1, -0.05) is 30.3 Å². The smallest absolute Gasteiger partial charge is 0.267 e. The molecule has 2 aliphatic rings. The molecule has 6 nitrogen and oxygen atoms in total. The first-order valence-electron chi connectivity index (χ1n) is 11.0. The second-order valence-electron chi connectivity index (χ2n) is 8.66. The number of carbonyl (C=O) groups excluding carboxylic acids is 1. The lowest BCUT2D eigenvalue weighted by Gasteiger charge is -2.31. The number of nitrogens with zero attached hydrogens (tertiary/aromatic N) is 3. The van der Waals surface area contributed by atoms with Crippen molar-refractivity contribution in [1.82, 2.24) is 20.1 Å². The lowest BCUT2D eigenvalue weighted by Crippen LogP contribution is -2.44. The van der Waals surface area contributed by atoms with Gasteiger partial charge in [0.05, 0.1) is 17.2 Å². The van der Waals surface area contributed by atoms with Crippen LogP contribution in [0, 0.1) is 0 Å². The van der Waals surface area contributed by atoms with Gasteiger partial charge in [-0.25, -0.2) is 4.68 Å². The standard InChI is InChI=1S/C25H26N4O2/c30-23-11-10-22(18-12-16-26-17-13-18)28-29(23)21-8-6-20(7-9-21)27-24(31)25(14-15-25)19-4-2-1-3-5-19/h1-5,10-13,16-17,20-21H,6-9,14-15H2,(H,27,31). The minimum Gasteiger partial charge on any atom is -0.353 e. The molecule has 158 valence electrons. The predicted molar refractivity (Wildman–Crippen MR) is 119 cm³/mol. The largest absolute Gasteiger partial charge is 0.353 e. The zero-order chi connectivity index (χ0) is 21.3. The van der Waals surface area contributed by atoms with Crippen molar-refractivity contribution in [3.63, 3.8) is 0 Å². The molecule has 0 unspecified atom stereocenters. The van der Waals surface area contributed by atoms with Crippen molar-refractivity contribution < 1.29 is 4.79 Å². The van der Waals surface area contributed by atoms with Gasteiger partial charge in [-0.15, -0.1) is 0 Å². The molecule has 0 atom stereocenters. The predicted octanol–water partition coefficient (Wildman–Crippen LogP) is 3.64. The van der Waals surface area contributed by atoms with E-state index in [2.05, 4.69) is 27.5 Å².